The highest BCUT2D eigenvalue weighted by molar-refractivity contribution is 5.97. The molecule has 0 saturated heterocycles. The lowest BCUT2D eigenvalue weighted by Gasteiger charge is -2.31. The van der Waals surface area contributed by atoms with Crippen LogP contribution in [0.1, 0.15) is 19.3 Å². The summed E-state index contributed by atoms with van der Waals surface area (Å²) in [5.74, 6) is -1.32. The molecule has 1 aliphatic rings. The molecule has 0 aliphatic heterocycles. The molecule has 1 fully saturated rings. The van der Waals surface area contributed by atoms with Gasteiger partial charge in [0, 0.05) is 5.92 Å². The standard InChI is InChI=1S/C10H14O5/c1-14-9(12)5-8(11)6-3-7(4-6)10(13)15-2/h6-7H,3-5H2,1-2H3. The van der Waals surface area contributed by atoms with E-state index in [1.807, 2.05) is 0 Å². The molecule has 0 bridgehead atoms. The molecular formula is C10H14O5. The lowest BCUT2D eigenvalue weighted by molar-refractivity contribution is -0.152. The maximum absolute atomic E-state index is 11.4. The van der Waals surface area contributed by atoms with Gasteiger partial charge in [-0.05, 0) is 12.8 Å². The molecule has 5 nitrogen and oxygen atoms in total. The summed E-state index contributed by atoms with van der Waals surface area (Å²) in [6.07, 6.45) is 0.778. The normalized spacial score (nSPS) is 23.9. The van der Waals surface area contributed by atoms with Crippen molar-refractivity contribution in [2.24, 2.45) is 11.8 Å². The molecular weight excluding hydrogens is 200 g/mol. The van der Waals surface area contributed by atoms with Crippen LogP contribution in [0.15, 0.2) is 0 Å². The number of hydrogen-bond donors (Lipinski definition) is 0. The number of methoxy groups -OCH3 is 2. The largest absolute Gasteiger partial charge is 0.469 e. The van der Waals surface area contributed by atoms with E-state index in [1.165, 1.54) is 14.2 Å². The second kappa shape index (κ2) is 4.91. The molecule has 0 amide bonds. The van der Waals surface area contributed by atoms with Gasteiger partial charge in [0.1, 0.15) is 12.2 Å². The van der Waals surface area contributed by atoms with E-state index in [0.717, 1.165) is 0 Å². The first kappa shape index (κ1) is 11.7. The van der Waals surface area contributed by atoms with Crippen molar-refractivity contribution in [2.45, 2.75) is 19.3 Å². The molecule has 0 radical (unpaired) electrons. The quantitative estimate of drug-likeness (QED) is 0.498. The molecule has 1 saturated carbocycles. The molecule has 0 heterocycles. The third-order valence-corrected chi connectivity index (χ3v) is 2.67. The van der Waals surface area contributed by atoms with Crippen molar-refractivity contribution in [1.29, 1.82) is 0 Å². The van der Waals surface area contributed by atoms with Crippen molar-refractivity contribution >= 4 is 17.7 Å². The van der Waals surface area contributed by atoms with E-state index in [-0.39, 0.29) is 30.0 Å². The maximum Gasteiger partial charge on any atom is 0.313 e. The molecule has 0 aromatic heterocycles. The third-order valence-electron chi connectivity index (χ3n) is 2.67. The average molecular weight is 214 g/mol. The minimum Gasteiger partial charge on any atom is -0.469 e. The Morgan fingerprint density at radius 2 is 1.67 bits per heavy atom. The molecule has 0 spiro atoms. The van der Waals surface area contributed by atoms with E-state index in [0.29, 0.717) is 12.8 Å². The van der Waals surface area contributed by atoms with Gasteiger partial charge in [0.2, 0.25) is 0 Å². The summed E-state index contributed by atoms with van der Waals surface area (Å²) in [7, 11) is 2.57. The Balaban J connectivity index is 2.29. The maximum atomic E-state index is 11.4. The van der Waals surface area contributed by atoms with Gasteiger partial charge in [0.15, 0.2) is 0 Å². The van der Waals surface area contributed by atoms with Crippen molar-refractivity contribution in [2.75, 3.05) is 14.2 Å². The fourth-order valence-corrected chi connectivity index (χ4v) is 1.60. The molecule has 0 aromatic rings. The Hall–Kier alpha value is -1.39. The van der Waals surface area contributed by atoms with Crippen LogP contribution in [-0.2, 0) is 23.9 Å². The topological polar surface area (TPSA) is 69.7 Å². The van der Waals surface area contributed by atoms with Crippen LogP contribution >= 0.6 is 0 Å². The van der Waals surface area contributed by atoms with Crippen LogP contribution < -0.4 is 0 Å². The van der Waals surface area contributed by atoms with Crippen LogP contribution in [0.2, 0.25) is 0 Å². The number of carbonyl (C=O) groups excluding carboxylic acids is 3. The number of ether oxygens (including phenoxy) is 2. The highest BCUT2D eigenvalue weighted by Crippen LogP contribution is 2.35. The van der Waals surface area contributed by atoms with Gasteiger partial charge in [-0.1, -0.05) is 0 Å². The van der Waals surface area contributed by atoms with Gasteiger partial charge in [-0.25, -0.2) is 0 Å². The first-order valence-electron chi connectivity index (χ1n) is 4.75. The van der Waals surface area contributed by atoms with Crippen LogP contribution in [0.25, 0.3) is 0 Å². The molecule has 15 heavy (non-hydrogen) atoms. The van der Waals surface area contributed by atoms with Gasteiger partial charge < -0.3 is 9.47 Å². The summed E-state index contributed by atoms with van der Waals surface area (Å²) in [6.45, 7) is 0. The number of rotatable bonds is 4. The van der Waals surface area contributed by atoms with E-state index in [4.69, 9.17) is 0 Å². The molecule has 0 unspecified atom stereocenters. The Bertz CT molecular complexity index is 278. The molecule has 5 heteroatoms. The summed E-state index contributed by atoms with van der Waals surface area (Å²) in [5.41, 5.74) is 0. The number of hydrogen-bond acceptors (Lipinski definition) is 5. The fraction of sp³-hybridized carbons (Fsp3) is 0.700. The van der Waals surface area contributed by atoms with Crippen LogP contribution in [-0.4, -0.2) is 31.9 Å². The van der Waals surface area contributed by atoms with Crippen molar-refractivity contribution in [1.82, 2.24) is 0 Å². The van der Waals surface area contributed by atoms with E-state index < -0.39 is 5.97 Å². The first-order chi connectivity index (χ1) is 7.08. The zero-order valence-corrected chi connectivity index (χ0v) is 8.82. The molecule has 1 aliphatic carbocycles. The predicted octanol–water partition coefficient (Wildman–Crippen LogP) is 0.318. The monoisotopic (exact) mass is 214 g/mol. The molecule has 1 rings (SSSR count). The van der Waals surface area contributed by atoms with Crippen LogP contribution in [0.5, 0.6) is 0 Å². The van der Waals surface area contributed by atoms with Gasteiger partial charge in [0.05, 0.1) is 20.1 Å². The highest BCUT2D eigenvalue weighted by Gasteiger charge is 2.39. The van der Waals surface area contributed by atoms with E-state index in [9.17, 15) is 14.4 Å². The van der Waals surface area contributed by atoms with E-state index >= 15 is 0 Å². The SMILES string of the molecule is COC(=O)CC(=O)C1CC(C(=O)OC)C1. The van der Waals surface area contributed by atoms with Crippen molar-refractivity contribution in [3.8, 4) is 0 Å². The molecule has 84 valence electrons. The highest BCUT2D eigenvalue weighted by atomic mass is 16.5. The Morgan fingerprint density at radius 3 is 2.13 bits per heavy atom. The van der Waals surface area contributed by atoms with Gasteiger partial charge >= 0.3 is 11.9 Å². The summed E-state index contributed by atoms with van der Waals surface area (Å²) >= 11 is 0. The summed E-state index contributed by atoms with van der Waals surface area (Å²) < 4.78 is 8.93. The zero-order chi connectivity index (χ0) is 11.4. The van der Waals surface area contributed by atoms with Crippen LogP contribution in [0.4, 0.5) is 0 Å². The number of esters is 2. The van der Waals surface area contributed by atoms with Crippen molar-refractivity contribution in [3.05, 3.63) is 0 Å². The lowest BCUT2D eigenvalue weighted by Crippen LogP contribution is -2.36. The van der Waals surface area contributed by atoms with Gasteiger partial charge in [-0.15, -0.1) is 0 Å². The van der Waals surface area contributed by atoms with Crippen LogP contribution in [0, 0.1) is 11.8 Å². The molecule has 0 N–H and O–H groups in total. The Labute approximate surface area is 87.7 Å². The second-order valence-corrected chi connectivity index (χ2v) is 3.61. The summed E-state index contributed by atoms with van der Waals surface area (Å²) in [4.78, 5) is 33.2. The number of Topliss-reactive ketones (excluding diaryl/α,β-unsaturated/α-hetero) is 1. The first-order valence-corrected chi connectivity index (χ1v) is 4.75. The fourth-order valence-electron chi connectivity index (χ4n) is 1.60. The lowest BCUT2D eigenvalue weighted by atomic mass is 9.72. The Morgan fingerprint density at radius 1 is 1.07 bits per heavy atom. The summed E-state index contributed by atoms with van der Waals surface area (Å²) in [5, 5.41) is 0. The van der Waals surface area contributed by atoms with Gasteiger partial charge in [0.25, 0.3) is 0 Å². The Kier molecular flexibility index (Phi) is 3.82. The minimum atomic E-state index is -0.526. The van der Waals surface area contributed by atoms with Crippen molar-refractivity contribution < 1.29 is 23.9 Å². The number of carbonyl (C=O) groups is 3. The van der Waals surface area contributed by atoms with E-state index in [1.54, 1.807) is 0 Å². The van der Waals surface area contributed by atoms with Gasteiger partial charge in [-0.2, -0.15) is 0 Å². The van der Waals surface area contributed by atoms with Crippen LogP contribution in [0.3, 0.4) is 0 Å². The van der Waals surface area contributed by atoms with Crippen molar-refractivity contribution in [3.63, 3.8) is 0 Å². The molecule has 0 aromatic carbocycles. The second-order valence-electron chi connectivity index (χ2n) is 3.61. The third kappa shape index (κ3) is 2.78. The molecule has 0 atom stereocenters. The zero-order valence-electron chi connectivity index (χ0n) is 8.82. The number of ketones is 1. The van der Waals surface area contributed by atoms with Gasteiger partial charge in [-0.3, -0.25) is 14.4 Å². The minimum absolute atomic E-state index is 0.151. The summed E-state index contributed by atoms with van der Waals surface area (Å²) in [6, 6.07) is 0. The van der Waals surface area contributed by atoms with E-state index in [2.05, 4.69) is 9.47 Å². The smallest absolute Gasteiger partial charge is 0.313 e. The predicted molar refractivity (Wildman–Crippen MR) is 49.9 cm³/mol. The average Bonchev–Trinajstić information content (AvgIpc) is 2.14.